The molecular formula is C15H21ClN4. The quantitative estimate of drug-likeness (QED) is 0.816. The number of halogens is 1. The highest BCUT2D eigenvalue weighted by Gasteiger charge is 2.23. The van der Waals surface area contributed by atoms with Crippen LogP contribution in [-0.2, 0) is 6.54 Å². The molecule has 1 saturated heterocycles. The van der Waals surface area contributed by atoms with Crippen LogP contribution in [0.2, 0.25) is 0 Å². The molecule has 3 rings (SSSR count). The predicted octanol–water partition coefficient (Wildman–Crippen LogP) is 2.99. The van der Waals surface area contributed by atoms with Crippen LogP contribution in [0.15, 0.2) is 12.1 Å². The second kappa shape index (κ2) is 5.34. The first-order valence-corrected chi connectivity index (χ1v) is 7.64. The van der Waals surface area contributed by atoms with Gasteiger partial charge in [0.2, 0.25) is 0 Å². The molecule has 0 aromatic carbocycles. The summed E-state index contributed by atoms with van der Waals surface area (Å²) in [6.45, 7) is 7.28. The van der Waals surface area contributed by atoms with E-state index in [2.05, 4.69) is 26.5 Å². The molecule has 2 atom stereocenters. The van der Waals surface area contributed by atoms with Crippen molar-refractivity contribution in [1.29, 1.82) is 0 Å². The summed E-state index contributed by atoms with van der Waals surface area (Å²) in [4.78, 5) is 11.7. The van der Waals surface area contributed by atoms with Gasteiger partial charge in [-0.15, -0.1) is 11.6 Å². The molecule has 1 aliphatic heterocycles. The average molecular weight is 293 g/mol. The van der Waals surface area contributed by atoms with Crippen molar-refractivity contribution in [2.45, 2.75) is 32.2 Å². The molecule has 0 N–H and O–H groups in total. The van der Waals surface area contributed by atoms with E-state index >= 15 is 0 Å². The van der Waals surface area contributed by atoms with Crippen molar-refractivity contribution in [3.63, 3.8) is 0 Å². The Labute approximate surface area is 124 Å². The molecule has 3 heterocycles. The summed E-state index contributed by atoms with van der Waals surface area (Å²) >= 11 is 6.31. The maximum atomic E-state index is 6.31. The normalized spacial score (nSPS) is 21.7. The predicted molar refractivity (Wildman–Crippen MR) is 82.1 cm³/mol. The summed E-state index contributed by atoms with van der Waals surface area (Å²) in [6, 6.07) is 4.05. The smallest absolute Gasteiger partial charge is 0.160 e. The second-order valence-electron chi connectivity index (χ2n) is 5.91. The van der Waals surface area contributed by atoms with Crippen molar-refractivity contribution in [1.82, 2.24) is 19.4 Å². The van der Waals surface area contributed by atoms with Crippen molar-refractivity contribution >= 4 is 22.8 Å². The maximum Gasteiger partial charge on any atom is 0.160 e. The lowest BCUT2D eigenvalue weighted by Crippen LogP contribution is -2.18. The number of imidazole rings is 1. The number of alkyl halides is 1. The Kier molecular flexibility index (Phi) is 3.69. The molecule has 1 aliphatic rings. The van der Waals surface area contributed by atoms with Gasteiger partial charge in [0.05, 0.1) is 5.38 Å². The molecule has 5 heteroatoms. The average Bonchev–Trinajstić information content (AvgIpc) is 2.95. The number of aryl methyl sites for hydroxylation is 1. The van der Waals surface area contributed by atoms with Gasteiger partial charge in [-0.05, 0) is 51.9 Å². The monoisotopic (exact) mass is 292 g/mol. The van der Waals surface area contributed by atoms with Gasteiger partial charge in [0.15, 0.2) is 5.65 Å². The molecule has 20 heavy (non-hydrogen) atoms. The van der Waals surface area contributed by atoms with Gasteiger partial charge in [-0.3, -0.25) is 0 Å². The molecule has 0 radical (unpaired) electrons. The molecule has 2 aromatic heterocycles. The van der Waals surface area contributed by atoms with E-state index in [1.54, 1.807) is 0 Å². The van der Waals surface area contributed by atoms with Crippen molar-refractivity contribution in [2.24, 2.45) is 5.92 Å². The van der Waals surface area contributed by atoms with Crippen LogP contribution >= 0.6 is 11.6 Å². The second-order valence-corrected chi connectivity index (χ2v) is 6.56. The summed E-state index contributed by atoms with van der Waals surface area (Å²) in [7, 11) is 2.18. The molecular weight excluding hydrogens is 272 g/mol. The topological polar surface area (TPSA) is 34.0 Å². The van der Waals surface area contributed by atoms with E-state index in [-0.39, 0.29) is 5.38 Å². The van der Waals surface area contributed by atoms with E-state index in [4.69, 9.17) is 11.6 Å². The first-order chi connectivity index (χ1) is 9.54. The molecule has 4 nitrogen and oxygen atoms in total. The van der Waals surface area contributed by atoms with E-state index in [0.29, 0.717) is 5.92 Å². The summed E-state index contributed by atoms with van der Waals surface area (Å²) < 4.78 is 2.23. The largest absolute Gasteiger partial charge is 0.311 e. The number of hydrogen-bond donors (Lipinski definition) is 0. The lowest BCUT2D eigenvalue weighted by atomic mass is 10.1. The fourth-order valence-corrected chi connectivity index (χ4v) is 3.20. The third kappa shape index (κ3) is 2.54. The van der Waals surface area contributed by atoms with Gasteiger partial charge in [-0.2, -0.15) is 0 Å². The highest BCUT2D eigenvalue weighted by Crippen LogP contribution is 2.26. The van der Waals surface area contributed by atoms with E-state index in [0.717, 1.165) is 35.8 Å². The zero-order chi connectivity index (χ0) is 14.3. The summed E-state index contributed by atoms with van der Waals surface area (Å²) in [6.07, 6.45) is 1.23. The zero-order valence-electron chi connectivity index (χ0n) is 12.3. The molecule has 0 bridgehead atoms. The lowest BCUT2D eigenvalue weighted by molar-refractivity contribution is 0.377. The molecule has 0 saturated carbocycles. The summed E-state index contributed by atoms with van der Waals surface area (Å²) in [5.74, 6) is 1.60. The standard InChI is InChI=1S/C15H21ClN4/c1-10-4-5-13-15(17-10)20(14(18-13)11(2)16)9-12-6-7-19(3)8-12/h4-5,11-12H,6-9H2,1-3H3. The van der Waals surface area contributed by atoms with Crippen molar-refractivity contribution in [3.05, 3.63) is 23.7 Å². The minimum Gasteiger partial charge on any atom is -0.311 e. The highest BCUT2D eigenvalue weighted by atomic mass is 35.5. The van der Waals surface area contributed by atoms with Gasteiger partial charge in [-0.1, -0.05) is 0 Å². The van der Waals surface area contributed by atoms with Crippen LogP contribution < -0.4 is 0 Å². The van der Waals surface area contributed by atoms with Crippen LogP contribution in [0.1, 0.15) is 30.2 Å². The third-order valence-corrected chi connectivity index (χ3v) is 4.24. The van der Waals surface area contributed by atoms with Crippen LogP contribution in [0.5, 0.6) is 0 Å². The van der Waals surface area contributed by atoms with Crippen LogP contribution in [0.4, 0.5) is 0 Å². The number of nitrogens with zero attached hydrogens (tertiary/aromatic N) is 4. The van der Waals surface area contributed by atoms with Crippen molar-refractivity contribution in [3.8, 4) is 0 Å². The van der Waals surface area contributed by atoms with E-state index < -0.39 is 0 Å². The first kappa shape index (κ1) is 13.8. The van der Waals surface area contributed by atoms with Crippen LogP contribution in [0.3, 0.4) is 0 Å². The van der Waals surface area contributed by atoms with Gasteiger partial charge in [0.1, 0.15) is 11.3 Å². The number of pyridine rings is 1. The maximum absolute atomic E-state index is 6.31. The molecule has 2 unspecified atom stereocenters. The number of likely N-dealkylation sites (tertiary alicyclic amines) is 1. The molecule has 108 valence electrons. The van der Waals surface area contributed by atoms with Gasteiger partial charge < -0.3 is 9.47 Å². The molecule has 0 aliphatic carbocycles. The summed E-state index contributed by atoms with van der Waals surface area (Å²) in [5.41, 5.74) is 2.95. The Bertz CT molecular complexity index is 620. The summed E-state index contributed by atoms with van der Waals surface area (Å²) in [5, 5.41) is -0.0939. The number of aromatic nitrogens is 3. The molecule has 0 spiro atoms. The number of fused-ring (bicyclic) bond motifs is 1. The van der Waals surface area contributed by atoms with Crippen LogP contribution in [-0.4, -0.2) is 39.6 Å². The Balaban J connectivity index is 2.01. The molecule has 0 amide bonds. The van der Waals surface area contributed by atoms with E-state index in [1.165, 1.54) is 13.0 Å². The van der Waals surface area contributed by atoms with Gasteiger partial charge in [0, 0.05) is 18.8 Å². The molecule has 2 aromatic rings. The number of hydrogen-bond acceptors (Lipinski definition) is 3. The first-order valence-electron chi connectivity index (χ1n) is 7.21. The Morgan fingerprint density at radius 3 is 2.85 bits per heavy atom. The SMILES string of the molecule is Cc1ccc2nc(C(C)Cl)n(CC3CCN(C)C3)c2n1. The Hall–Kier alpha value is -1.13. The van der Waals surface area contributed by atoms with Gasteiger partial charge >= 0.3 is 0 Å². The zero-order valence-corrected chi connectivity index (χ0v) is 13.1. The molecule has 1 fully saturated rings. The lowest BCUT2D eigenvalue weighted by Gasteiger charge is -2.15. The van der Waals surface area contributed by atoms with Crippen molar-refractivity contribution < 1.29 is 0 Å². The van der Waals surface area contributed by atoms with E-state index in [1.807, 2.05) is 26.0 Å². The fraction of sp³-hybridized carbons (Fsp3) is 0.600. The van der Waals surface area contributed by atoms with E-state index in [9.17, 15) is 0 Å². The minimum atomic E-state index is -0.0939. The van der Waals surface area contributed by atoms with Crippen LogP contribution in [0, 0.1) is 12.8 Å². The van der Waals surface area contributed by atoms with Crippen molar-refractivity contribution in [2.75, 3.05) is 20.1 Å². The Morgan fingerprint density at radius 2 is 2.20 bits per heavy atom. The Morgan fingerprint density at radius 1 is 1.40 bits per heavy atom. The van der Waals surface area contributed by atoms with Crippen LogP contribution in [0.25, 0.3) is 11.2 Å². The number of rotatable bonds is 3. The minimum absolute atomic E-state index is 0.0939. The van der Waals surface area contributed by atoms with Gasteiger partial charge in [-0.25, -0.2) is 9.97 Å². The third-order valence-electron chi connectivity index (χ3n) is 4.05. The van der Waals surface area contributed by atoms with Gasteiger partial charge in [0.25, 0.3) is 0 Å². The highest BCUT2D eigenvalue weighted by molar-refractivity contribution is 6.20. The fourth-order valence-electron chi connectivity index (χ4n) is 3.03.